The van der Waals surface area contributed by atoms with Crippen LogP contribution in [0.3, 0.4) is 0 Å². The monoisotopic (exact) mass is 414 g/mol. The predicted molar refractivity (Wildman–Crippen MR) is 113 cm³/mol. The normalized spacial score (nSPS) is 11.1. The zero-order valence-corrected chi connectivity index (χ0v) is 16.7. The Bertz CT molecular complexity index is 1050. The Morgan fingerprint density at radius 1 is 0.929 bits per heavy atom. The number of halogens is 1. The Balaban J connectivity index is 1.67. The van der Waals surface area contributed by atoms with E-state index in [1.54, 1.807) is 60.7 Å². The van der Waals surface area contributed by atoms with Crippen molar-refractivity contribution in [1.82, 2.24) is 0 Å². The number of para-hydroxylation sites is 1. The Morgan fingerprint density at radius 3 is 2.14 bits per heavy atom. The summed E-state index contributed by atoms with van der Waals surface area (Å²) >= 11 is 5.82. The number of rotatable bonds is 7. The van der Waals surface area contributed by atoms with Gasteiger partial charge in [-0.1, -0.05) is 29.8 Å². The van der Waals surface area contributed by atoms with Gasteiger partial charge in [0.15, 0.2) is 5.78 Å². The minimum Gasteiger partial charge on any atom is -0.378 e. The number of sulfonamides is 1. The number of anilines is 2. The fraction of sp³-hybridized carbons (Fsp3) is 0.0952. The first kappa shape index (κ1) is 19.9. The second-order valence-corrected chi connectivity index (χ2v) is 8.52. The number of hydrogen-bond donors (Lipinski definition) is 1. The number of carbonyl (C=O) groups is 1. The van der Waals surface area contributed by atoms with Gasteiger partial charge in [0, 0.05) is 23.3 Å². The highest BCUT2D eigenvalue weighted by atomic mass is 35.5. The van der Waals surface area contributed by atoms with E-state index in [4.69, 9.17) is 11.6 Å². The molecule has 0 bridgehead atoms. The van der Waals surface area contributed by atoms with E-state index in [1.807, 2.05) is 6.07 Å². The molecule has 1 N–H and O–H groups in total. The third kappa shape index (κ3) is 4.52. The first-order valence-corrected chi connectivity index (χ1v) is 10.4. The Kier molecular flexibility index (Phi) is 6.02. The number of nitrogens with zero attached hydrogens (tertiary/aromatic N) is 1. The maximum Gasteiger partial charge on any atom is 0.264 e. The van der Waals surface area contributed by atoms with Crippen LogP contribution in [0.15, 0.2) is 83.8 Å². The highest BCUT2D eigenvalue weighted by molar-refractivity contribution is 7.92. The van der Waals surface area contributed by atoms with E-state index < -0.39 is 10.0 Å². The summed E-state index contributed by atoms with van der Waals surface area (Å²) < 4.78 is 26.8. The largest absolute Gasteiger partial charge is 0.378 e. The molecule has 0 atom stereocenters. The van der Waals surface area contributed by atoms with Gasteiger partial charge in [0.1, 0.15) is 0 Å². The second kappa shape index (κ2) is 8.46. The lowest BCUT2D eigenvalue weighted by molar-refractivity contribution is 0.101. The molecule has 5 nitrogen and oxygen atoms in total. The highest BCUT2D eigenvalue weighted by Crippen LogP contribution is 2.23. The summed E-state index contributed by atoms with van der Waals surface area (Å²) in [4.78, 5) is 12.4. The molecule has 0 radical (unpaired) electrons. The van der Waals surface area contributed by atoms with E-state index >= 15 is 0 Å². The molecule has 0 spiro atoms. The number of carbonyl (C=O) groups excluding carboxylic acids is 1. The van der Waals surface area contributed by atoms with E-state index in [1.165, 1.54) is 23.5 Å². The van der Waals surface area contributed by atoms with Crippen LogP contribution in [0.2, 0.25) is 5.02 Å². The Morgan fingerprint density at radius 2 is 1.54 bits per heavy atom. The summed E-state index contributed by atoms with van der Waals surface area (Å²) in [6.07, 6.45) is 0. The Hall–Kier alpha value is -2.83. The van der Waals surface area contributed by atoms with Gasteiger partial charge in [-0.3, -0.25) is 9.10 Å². The fourth-order valence-corrected chi connectivity index (χ4v) is 3.92. The molecule has 7 heteroatoms. The van der Waals surface area contributed by atoms with Crippen LogP contribution in [0, 0.1) is 0 Å². The van der Waals surface area contributed by atoms with Crippen LogP contribution in [-0.4, -0.2) is 27.8 Å². The zero-order valence-electron chi connectivity index (χ0n) is 15.2. The van der Waals surface area contributed by atoms with E-state index in [0.717, 1.165) is 0 Å². The van der Waals surface area contributed by atoms with Gasteiger partial charge < -0.3 is 5.32 Å². The molecule has 0 aliphatic rings. The summed E-state index contributed by atoms with van der Waals surface area (Å²) in [5, 5.41) is 3.58. The lowest BCUT2D eigenvalue weighted by Gasteiger charge is -2.19. The third-order valence-electron chi connectivity index (χ3n) is 4.25. The van der Waals surface area contributed by atoms with Crippen LogP contribution < -0.4 is 9.62 Å². The molecule has 0 fully saturated rings. The van der Waals surface area contributed by atoms with Crippen molar-refractivity contribution in [2.24, 2.45) is 0 Å². The Labute approximate surface area is 169 Å². The molecule has 144 valence electrons. The van der Waals surface area contributed by atoms with Gasteiger partial charge in [0.25, 0.3) is 10.0 Å². The van der Waals surface area contributed by atoms with E-state index in [2.05, 4.69) is 5.32 Å². The first-order chi connectivity index (χ1) is 13.4. The molecule has 3 aromatic carbocycles. The van der Waals surface area contributed by atoms with Gasteiger partial charge in [0.05, 0.1) is 17.1 Å². The molecule has 0 aliphatic carbocycles. The third-order valence-corrected chi connectivity index (χ3v) is 6.30. The average molecular weight is 415 g/mol. The van der Waals surface area contributed by atoms with Crippen molar-refractivity contribution in [3.63, 3.8) is 0 Å². The van der Waals surface area contributed by atoms with Gasteiger partial charge in [-0.2, -0.15) is 0 Å². The number of benzene rings is 3. The van der Waals surface area contributed by atoms with E-state index in [9.17, 15) is 13.2 Å². The molecule has 28 heavy (non-hydrogen) atoms. The molecular weight excluding hydrogens is 396 g/mol. The van der Waals surface area contributed by atoms with Crippen LogP contribution >= 0.6 is 11.6 Å². The molecule has 0 aromatic heterocycles. The lowest BCUT2D eigenvalue weighted by Crippen LogP contribution is -2.26. The van der Waals surface area contributed by atoms with Gasteiger partial charge in [-0.25, -0.2) is 8.42 Å². The topological polar surface area (TPSA) is 66.5 Å². The zero-order chi connectivity index (χ0) is 20.1. The predicted octanol–water partition coefficient (Wildman–Crippen LogP) is 4.46. The summed E-state index contributed by atoms with van der Waals surface area (Å²) in [7, 11) is -2.15. The molecule has 0 saturated heterocycles. The first-order valence-electron chi connectivity index (χ1n) is 8.54. The SMILES string of the molecule is CN(c1ccccc1)S(=O)(=O)c1ccc(NCC(=O)c2ccc(Cl)cc2)cc1. The fourth-order valence-electron chi connectivity index (χ4n) is 2.60. The number of Topliss-reactive ketones (excluding diaryl/α,β-unsaturated/α-hetero) is 1. The average Bonchev–Trinajstić information content (AvgIpc) is 2.73. The van der Waals surface area contributed by atoms with Gasteiger partial charge in [-0.05, 0) is 60.7 Å². The van der Waals surface area contributed by atoms with Crippen molar-refractivity contribution in [2.45, 2.75) is 4.90 Å². The van der Waals surface area contributed by atoms with Crippen LogP contribution in [0.1, 0.15) is 10.4 Å². The van der Waals surface area contributed by atoms with Crippen LogP contribution in [0.5, 0.6) is 0 Å². The van der Waals surface area contributed by atoms with Gasteiger partial charge >= 0.3 is 0 Å². The summed E-state index contributed by atoms with van der Waals surface area (Å²) in [6.45, 7) is 0.0949. The standard InChI is InChI=1S/C21H19ClN2O3S/c1-24(19-5-3-2-4-6-19)28(26,27)20-13-11-18(12-14-20)23-15-21(25)16-7-9-17(22)10-8-16/h2-14,23H,15H2,1H3. The minimum absolute atomic E-state index is 0.0859. The van der Waals surface area contributed by atoms with Crippen molar-refractivity contribution in [1.29, 1.82) is 0 Å². The summed E-state index contributed by atoms with van der Waals surface area (Å²) in [5.74, 6) is -0.0859. The number of nitrogens with one attached hydrogen (secondary N) is 1. The molecular formula is C21H19ClN2O3S. The maximum absolute atomic E-state index is 12.8. The number of hydrogen-bond acceptors (Lipinski definition) is 4. The lowest BCUT2D eigenvalue weighted by atomic mass is 10.1. The molecule has 3 rings (SSSR count). The van der Waals surface area contributed by atoms with Crippen molar-refractivity contribution in [2.75, 3.05) is 23.2 Å². The smallest absolute Gasteiger partial charge is 0.264 e. The minimum atomic E-state index is -3.66. The van der Waals surface area contributed by atoms with Gasteiger partial charge in [-0.15, -0.1) is 0 Å². The maximum atomic E-state index is 12.8. The summed E-state index contributed by atoms with van der Waals surface area (Å²) in [6, 6.07) is 21.8. The van der Waals surface area contributed by atoms with E-state index in [0.29, 0.717) is 22.0 Å². The molecule has 0 saturated carbocycles. The molecule has 0 unspecified atom stereocenters. The van der Waals surface area contributed by atoms with Gasteiger partial charge in [0.2, 0.25) is 0 Å². The van der Waals surface area contributed by atoms with Crippen LogP contribution in [-0.2, 0) is 10.0 Å². The number of ketones is 1. The quantitative estimate of drug-likeness (QED) is 0.579. The van der Waals surface area contributed by atoms with Crippen molar-refractivity contribution in [3.05, 3.63) is 89.4 Å². The molecule has 0 amide bonds. The highest BCUT2D eigenvalue weighted by Gasteiger charge is 2.21. The van der Waals surface area contributed by atoms with Crippen molar-refractivity contribution < 1.29 is 13.2 Å². The van der Waals surface area contributed by atoms with Crippen LogP contribution in [0.25, 0.3) is 0 Å². The van der Waals surface area contributed by atoms with Crippen LogP contribution in [0.4, 0.5) is 11.4 Å². The van der Waals surface area contributed by atoms with E-state index in [-0.39, 0.29) is 17.2 Å². The van der Waals surface area contributed by atoms with Crippen molar-refractivity contribution >= 4 is 38.8 Å². The van der Waals surface area contributed by atoms with Crippen molar-refractivity contribution in [3.8, 4) is 0 Å². The second-order valence-electron chi connectivity index (χ2n) is 6.12. The molecule has 0 heterocycles. The summed E-state index contributed by atoms with van der Waals surface area (Å²) in [5.41, 5.74) is 1.79. The molecule has 3 aromatic rings. The molecule has 0 aliphatic heterocycles.